The fourth-order valence-electron chi connectivity index (χ4n) is 2.84. The Balaban J connectivity index is 3.97. The summed E-state index contributed by atoms with van der Waals surface area (Å²) < 4.78 is 11.6. The van der Waals surface area contributed by atoms with Gasteiger partial charge in [0.25, 0.3) is 5.17 Å². The summed E-state index contributed by atoms with van der Waals surface area (Å²) in [6.45, 7) is 13.5. The average molecular weight is 394 g/mol. The fraction of sp³-hybridized carbons (Fsp3) is 0.571. The first-order valence-corrected chi connectivity index (χ1v) is 9.33. The lowest BCUT2D eigenvalue weighted by molar-refractivity contribution is -0.132. The highest BCUT2D eigenvalue weighted by atomic mass is 32.1. The third-order valence-electron chi connectivity index (χ3n) is 4.00. The van der Waals surface area contributed by atoms with Gasteiger partial charge in [-0.15, -0.1) is 0 Å². The Kier molecular flexibility index (Phi) is 7.17. The lowest BCUT2D eigenvalue weighted by atomic mass is 9.76. The Labute approximate surface area is 168 Å². The van der Waals surface area contributed by atoms with Crippen molar-refractivity contribution in [2.45, 2.75) is 65.7 Å². The second-order valence-electron chi connectivity index (χ2n) is 8.83. The Bertz CT molecular complexity index is 740. The fourth-order valence-corrected chi connectivity index (χ4v) is 2.93. The Morgan fingerprint density at radius 2 is 1.67 bits per heavy atom. The Morgan fingerprint density at radius 1 is 1.11 bits per heavy atom. The molecule has 5 nitrogen and oxygen atoms in total. The number of rotatable bonds is 4. The van der Waals surface area contributed by atoms with Crippen molar-refractivity contribution < 1.29 is 19.1 Å². The van der Waals surface area contributed by atoms with Gasteiger partial charge in [-0.25, -0.2) is 0 Å². The van der Waals surface area contributed by atoms with E-state index in [-0.39, 0.29) is 17.3 Å². The van der Waals surface area contributed by atoms with Gasteiger partial charge in [-0.05, 0) is 29.1 Å². The van der Waals surface area contributed by atoms with E-state index in [9.17, 15) is 9.59 Å². The topological polar surface area (TPSA) is 55.8 Å². The quantitative estimate of drug-likeness (QED) is 0.331. The summed E-state index contributed by atoms with van der Waals surface area (Å²) in [7, 11) is 3.59. The highest BCUT2D eigenvalue weighted by Crippen LogP contribution is 2.46. The zero-order valence-electron chi connectivity index (χ0n) is 17.9. The van der Waals surface area contributed by atoms with Gasteiger partial charge in [-0.1, -0.05) is 41.5 Å². The van der Waals surface area contributed by atoms with Crippen molar-refractivity contribution >= 4 is 29.6 Å². The van der Waals surface area contributed by atoms with Crippen LogP contribution < -0.4 is 9.47 Å². The molecule has 0 aliphatic rings. The van der Waals surface area contributed by atoms with Crippen LogP contribution in [0.1, 0.15) is 65.2 Å². The van der Waals surface area contributed by atoms with Gasteiger partial charge in [0, 0.05) is 44.1 Å². The average Bonchev–Trinajstić information content (AvgIpc) is 2.46. The minimum absolute atomic E-state index is 0.136. The van der Waals surface area contributed by atoms with E-state index in [4.69, 9.17) is 21.7 Å². The van der Waals surface area contributed by atoms with E-state index in [2.05, 4.69) is 0 Å². The number of esters is 1. The monoisotopic (exact) mass is 393 g/mol. The van der Waals surface area contributed by atoms with Crippen LogP contribution in [0.25, 0.3) is 0 Å². The molecule has 0 amide bonds. The summed E-state index contributed by atoms with van der Waals surface area (Å²) in [5.74, 6) is 0.620. The van der Waals surface area contributed by atoms with E-state index in [1.165, 1.54) is 6.92 Å². The van der Waals surface area contributed by atoms with Crippen molar-refractivity contribution in [1.82, 2.24) is 4.90 Å². The molecule has 1 rings (SSSR count). The minimum Gasteiger partial charge on any atom is -0.431 e. The molecule has 0 atom stereocenters. The van der Waals surface area contributed by atoms with Crippen LogP contribution in [0.15, 0.2) is 6.07 Å². The van der Waals surface area contributed by atoms with E-state index in [1.54, 1.807) is 19.0 Å². The number of carbonyl (C=O) groups excluding carboxylic acids is 2. The lowest BCUT2D eigenvalue weighted by Crippen LogP contribution is -2.28. The highest BCUT2D eigenvalue weighted by Gasteiger charge is 2.33. The first-order valence-electron chi connectivity index (χ1n) is 8.92. The Hall–Kier alpha value is -1.95. The summed E-state index contributed by atoms with van der Waals surface area (Å²) in [6, 6.07) is 1.84. The van der Waals surface area contributed by atoms with Crippen molar-refractivity contribution in [2.24, 2.45) is 0 Å². The molecule has 0 heterocycles. The van der Waals surface area contributed by atoms with Crippen LogP contribution >= 0.6 is 12.2 Å². The molecular formula is C21H31NO4S. The number of benzene rings is 1. The maximum absolute atomic E-state index is 11.8. The number of hydrogen-bond donors (Lipinski definition) is 0. The van der Waals surface area contributed by atoms with Crippen molar-refractivity contribution in [1.29, 1.82) is 0 Å². The molecule has 150 valence electrons. The van der Waals surface area contributed by atoms with Gasteiger partial charge < -0.3 is 19.2 Å². The molecule has 0 spiro atoms. The Morgan fingerprint density at radius 3 is 2.04 bits per heavy atom. The molecular weight excluding hydrogens is 362 g/mol. The lowest BCUT2D eigenvalue weighted by Gasteiger charge is -2.32. The van der Waals surface area contributed by atoms with Gasteiger partial charge in [0.05, 0.1) is 0 Å². The molecule has 27 heavy (non-hydrogen) atoms. The molecule has 0 aliphatic carbocycles. The molecule has 0 bridgehead atoms. The van der Waals surface area contributed by atoms with Gasteiger partial charge in [0.15, 0.2) is 0 Å². The number of thiocarbonyl (C=S) groups is 1. The van der Waals surface area contributed by atoms with E-state index < -0.39 is 5.97 Å². The predicted molar refractivity (Wildman–Crippen MR) is 112 cm³/mol. The summed E-state index contributed by atoms with van der Waals surface area (Å²) >= 11 is 5.31. The van der Waals surface area contributed by atoms with Gasteiger partial charge in [0.2, 0.25) is 0 Å². The standard InChI is InChI=1S/C21H31NO4S/c1-13(24)25-18-15(20(2,3)4)12-16(26-19(27)22(8)9)14(10-11-23)17(18)21(5,6)7/h11-12H,10H2,1-9H3. The van der Waals surface area contributed by atoms with Crippen LogP contribution in [0.4, 0.5) is 0 Å². The second-order valence-corrected chi connectivity index (χ2v) is 9.18. The normalized spacial score (nSPS) is 11.7. The van der Waals surface area contributed by atoms with Gasteiger partial charge in [-0.2, -0.15) is 0 Å². The van der Waals surface area contributed by atoms with E-state index in [0.29, 0.717) is 22.2 Å². The molecule has 6 heteroatoms. The first kappa shape index (κ1) is 23.1. The number of aldehydes is 1. The molecule has 0 aromatic heterocycles. The van der Waals surface area contributed by atoms with E-state index in [1.807, 2.05) is 47.6 Å². The van der Waals surface area contributed by atoms with Crippen molar-refractivity contribution in [2.75, 3.05) is 14.1 Å². The van der Waals surface area contributed by atoms with Gasteiger partial charge in [0.1, 0.15) is 17.8 Å². The van der Waals surface area contributed by atoms with Gasteiger partial charge >= 0.3 is 5.97 Å². The zero-order chi connectivity index (χ0) is 21.2. The molecule has 0 N–H and O–H groups in total. The van der Waals surface area contributed by atoms with Crippen LogP contribution in [0, 0.1) is 0 Å². The summed E-state index contributed by atoms with van der Waals surface area (Å²) in [5.41, 5.74) is 1.60. The predicted octanol–water partition coefficient (Wildman–Crippen LogP) is 4.17. The number of hydrogen-bond acceptors (Lipinski definition) is 5. The van der Waals surface area contributed by atoms with Crippen LogP contribution in [0.5, 0.6) is 11.5 Å². The smallest absolute Gasteiger partial charge is 0.308 e. The second kappa shape index (κ2) is 8.38. The first-order chi connectivity index (χ1) is 12.2. The van der Waals surface area contributed by atoms with Crippen LogP contribution in [-0.4, -0.2) is 36.4 Å². The molecule has 0 saturated carbocycles. The van der Waals surface area contributed by atoms with Crippen molar-refractivity contribution in [3.8, 4) is 11.5 Å². The van der Waals surface area contributed by atoms with Gasteiger partial charge in [-0.3, -0.25) is 4.79 Å². The molecule has 0 fully saturated rings. The number of ether oxygens (including phenoxy) is 2. The summed E-state index contributed by atoms with van der Waals surface area (Å²) in [6.07, 6.45) is 0.959. The maximum Gasteiger partial charge on any atom is 0.308 e. The maximum atomic E-state index is 11.8. The van der Waals surface area contributed by atoms with Crippen LogP contribution in [0.2, 0.25) is 0 Å². The largest absolute Gasteiger partial charge is 0.431 e. The van der Waals surface area contributed by atoms with E-state index in [0.717, 1.165) is 17.4 Å². The van der Waals surface area contributed by atoms with Crippen LogP contribution in [-0.2, 0) is 26.8 Å². The third kappa shape index (κ3) is 5.76. The van der Waals surface area contributed by atoms with Crippen LogP contribution in [0.3, 0.4) is 0 Å². The molecule has 1 aromatic carbocycles. The number of carbonyl (C=O) groups is 2. The highest BCUT2D eigenvalue weighted by molar-refractivity contribution is 7.80. The number of nitrogens with zero attached hydrogens (tertiary/aromatic N) is 1. The summed E-state index contributed by atoms with van der Waals surface area (Å²) in [5, 5.41) is 0.294. The van der Waals surface area contributed by atoms with E-state index >= 15 is 0 Å². The third-order valence-corrected chi connectivity index (χ3v) is 4.45. The molecule has 0 aliphatic heterocycles. The molecule has 0 unspecified atom stereocenters. The minimum atomic E-state index is -0.402. The summed E-state index contributed by atoms with van der Waals surface area (Å²) in [4.78, 5) is 25.0. The van der Waals surface area contributed by atoms with Crippen molar-refractivity contribution in [3.63, 3.8) is 0 Å². The SMILES string of the molecule is CC(=O)Oc1c(C(C)(C)C)cc(OC(=S)N(C)C)c(CC=O)c1C(C)(C)C. The zero-order valence-corrected chi connectivity index (χ0v) is 18.7. The molecule has 0 saturated heterocycles. The molecule has 1 aromatic rings. The molecule has 0 radical (unpaired) electrons. The van der Waals surface area contributed by atoms with Crippen molar-refractivity contribution in [3.05, 3.63) is 22.8 Å².